The Kier molecular flexibility index (Phi) is 4.08. The number of alkyl halides is 3. The predicted molar refractivity (Wildman–Crippen MR) is 67.9 cm³/mol. The van der Waals surface area contributed by atoms with Crippen LogP contribution in [0.1, 0.15) is 30.8 Å². The van der Waals surface area contributed by atoms with Crippen LogP contribution in [0.15, 0.2) is 36.7 Å². The van der Waals surface area contributed by atoms with Crippen LogP contribution in [-0.2, 0) is 6.18 Å². The van der Waals surface area contributed by atoms with Gasteiger partial charge in [0, 0.05) is 18.4 Å². The van der Waals surface area contributed by atoms with Crippen LogP contribution in [0, 0.1) is 0 Å². The topological polar surface area (TPSA) is 56.7 Å². The molecule has 108 valence electrons. The molecule has 7 heteroatoms. The van der Waals surface area contributed by atoms with Gasteiger partial charge >= 0.3 is 6.18 Å². The van der Waals surface area contributed by atoms with Gasteiger partial charge in [0.05, 0.1) is 5.69 Å². The zero-order valence-corrected chi connectivity index (χ0v) is 10.9. The Balaban J connectivity index is 2.40. The smallest absolute Gasteiger partial charge is 0.326 e. The van der Waals surface area contributed by atoms with Crippen molar-refractivity contribution in [1.82, 2.24) is 14.8 Å². The molecule has 0 aliphatic heterocycles. The highest BCUT2D eigenvalue weighted by molar-refractivity contribution is 5.14. The highest BCUT2D eigenvalue weighted by atomic mass is 19.4. The minimum atomic E-state index is -4.46. The summed E-state index contributed by atoms with van der Waals surface area (Å²) in [6.45, 7) is 1.87. The summed E-state index contributed by atoms with van der Waals surface area (Å²) in [6, 6.07) is 5.30. The lowest BCUT2D eigenvalue weighted by Crippen LogP contribution is -2.33. The second-order valence-corrected chi connectivity index (χ2v) is 4.45. The maximum atomic E-state index is 12.6. The van der Waals surface area contributed by atoms with Gasteiger partial charge < -0.3 is 5.73 Å². The first-order valence-electron chi connectivity index (χ1n) is 6.22. The maximum absolute atomic E-state index is 12.6. The fourth-order valence-corrected chi connectivity index (χ4v) is 1.97. The van der Waals surface area contributed by atoms with Crippen molar-refractivity contribution in [3.63, 3.8) is 0 Å². The monoisotopic (exact) mass is 284 g/mol. The van der Waals surface area contributed by atoms with Crippen molar-refractivity contribution in [1.29, 1.82) is 0 Å². The SMILES string of the molecule is CCC(N)C(c1ccccn1)n1ccc(C(F)(F)F)n1. The van der Waals surface area contributed by atoms with Crippen LogP contribution in [0.25, 0.3) is 0 Å². The number of nitrogens with two attached hydrogens (primary N) is 1. The molecular weight excluding hydrogens is 269 g/mol. The van der Waals surface area contributed by atoms with Gasteiger partial charge in [0.1, 0.15) is 6.04 Å². The highest BCUT2D eigenvalue weighted by Gasteiger charge is 2.35. The Morgan fingerprint density at radius 2 is 2.05 bits per heavy atom. The second-order valence-electron chi connectivity index (χ2n) is 4.45. The zero-order chi connectivity index (χ0) is 14.8. The summed E-state index contributed by atoms with van der Waals surface area (Å²) in [5.74, 6) is 0. The highest BCUT2D eigenvalue weighted by Crippen LogP contribution is 2.29. The zero-order valence-electron chi connectivity index (χ0n) is 10.9. The summed E-state index contributed by atoms with van der Waals surface area (Å²) in [5, 5.41) is 3.60. The van der Waals surface area contributed by atoms with Crippen LogP contribution in [0.5, 0.6) is 0 Å². The number of halogens is 3. The van der Waals surface area contributed by atoms with Crippen LogP contribution in [0.2, 0.25) is 0 Å². The van der Waals surface area contributed by atoms with Crippen molar-refractivity contribution in [2.24, 2.45) is 5.73 Å². The number of nitrogens with zero attached hydrogens (tertiary/aromatic N) is 3. The first-order chi connectivity index (χ1) is 9.43. The molecule has 2 N–H and O–H groups in total. The molecule has 0 saturated heterocycles. The summed E-state index contributed by atoms with van der Waals surface area (Å²) in [5.41, 5.74) is 5.68. The van der Waals surface area contributed by atoms with Crippen molar-refractivity contribution in [2.45, 2.75) is 31.6 Å². The molecule has 2 aromatic heterocycles. The minimum Gasteiger partial charge on any atom is -0.326 e. The van der Waals surface area contributed by atoms with Crippen LogP contribution < -0.4 is 5.73 Å². The molecule has 2 rings (SSSR count). The van der Waals surface area contributed by atoms with E-state index in [1.54, 1.807) is 24.4 Å². The van der Waals surface area contributed by atoms with Gasteiger partial charge in [-0.05, 0) is 24.6 Å². The van der Waals surface area contributed by atoms with Gasteiger partial charge in [0.2, 0.25) is 0 Å². The van der Waals surface area contributed by atoms with E-state index in [2.05, 4.69) is 10.1 Å². The molecule has 2 unspecified atom stereocenters. The van der Waals surface area contributed by atoms with E-state index in [0.717, 1.165) is 6.07 Å². The lowest BCUT2D eigenvalue weighted by atomic mass is 10.0. The Morgan fingerprint density at radius 3 is 2.55 bits per heavy atom. The van der Waals surface area contributed by atoms with Crippen LogP contribution >= 0.6 is 0 Å². The summed E-state index contributed by atoms with van der Waals surface area (Å²) in [6.07, 6.45) is -0.991. The molecule has 20 heavy (non-hydrogen) atoms. The molecule has 0 aromatic carbocycles. The van der Waals surface area contributed by atoms with Gasteiger partial charge in [-0.1, -0.05) is 13.0 Å². The molecule has 0 fully saturated rings. The molecule has 0 radical (unpaired) electrons. The molecule has 4 nitrogen and oxygen atoms in total. The van der Waals surface area contributed by atoms with Crippen LogP contribution in [0.3, 0.4) is 0 Å². The molecule has 0 aliphatic rings. The van der Waals surface area contributed by atoms with E-state index in [-0.39, 0.29) is 6.04 Å². The van der Waals surface area contributed by atoms with Gasteiger partial charge in [-0.3, -0.25) is 9.67 Å². The van der Waals surface area contributed by atoms with E-state index >= 15 is 0 Å². The summed E-state index contributed by atoms with van der Waals surface area (Å²) in [7, 11) is 0. The van der Waals surface area contributed by atoms with Crippen molar-refractivity contribution < 1.29 is 13.2 Å². The summed E-state index contributed by atoms with van der Waals surface area (Å²) < 4.78 is 39.1. The Hall–Kier alpha value is -1.89. The standard InChI is InChI=1S/C13H15F3N4/c1-2-9(17)12(10-5-3-4-7-18-10)20-8-6-11(19-20)13(14,15)16/h3-9,12H,2,17H2,1H3. The van der Waals surface area contributed by atoms with E-state index in [4.69, 9.17) is 5.73 Å². The second kappa shape index (κ2) is 5.62. The largest absolute Gasteiger partial charge is 0.435 e. The third-order valence-electron chi connectivity index (χ3n) is 3.05. The van der Waals surface area contributed by atoms with Crippen LogP contribution in [-0.4, -0.2) is 20.8 Å². The Morgan fingerprint density at radius 1 is 1.30 bits per heavy atom. The fourth-order valence-electron chi connectivity index (χ4n) is 1.97. The van der Waals surface area contributed by atoms with Gasteiger partial charge in [0.25, 0.3) is 0 Å². The molecule has 2 aromatic rings. The normalized spacial score (nSPS) is 15.1. The molecule has 0 spiro atoms. The molecule has 2 atom stereocenters. The first-order valence-corrected chi connectivity index (χ1v) is 6.22. The van der Waals surface area contributed by atoms with Crippen molar-refractivity contribution >= 4 is 0 Å². The number of hydrogen-bond donors (Lipinski definition) is 1. The van der Waals surface area contributed by atoms with Crippen molar-refractivity contribution in [2.75, 3.05) is 0 Å². The van der Waals surface area contributed by atoms with Crippen molar-refractivity contribution in [3.05, 3.63) is 48.0 Å². The van der Waals surface area contributed by atoms with Gasteiger partial charge in [-0.15, -0.1) is 0 Å². The number of aromatic nitrogens is 3. The fraction of sp³-hybridized carbons (Fsp3) is 0.385. The third kappa shape index (κ3) is 2.98. The van der Waals surface area contributed by atoms with Crippen LogP contribution in [0.4, 0.5) is 13.2 Å². The van der Waals surface area contributed by atoms with Gasteiger partial charge in [-0.25, -0.2) is 0 Å². The summed E-state index contributed by atoms with van der Waals surface area (Å²) in [4.78, 5) is 4.17. The number of hydrogen-bond acceptors (Lipinski definition) is 3. The predicted octanol–water partition coefficient (Wildman–Crippen LogP) is 2.62. The third-order valence-corrected chi connectivity index (χ3v) is 3.05. The van der Waals surface area contributed by atoms with E-state index in [1.807, 2.05) is 6.92 Å². The number of rotatable bonds is 4. The van der Waals surface area contributed by atoms with Gasteiger partial charge in [-0.2, -0.15) is 18.3 Å². The molecule has 0 amide bonds. The molecule has 2 heterocycles. The summed E-state index contributed by atoms with van der Waals surface area (Å²) >= 11 is 0. The van der Waals surface area contributed by atoms with Crippen molar-refractivity contribution in [3.8, 4) is 0 Å². The quantitative estimate of drug-likeness (QED) is 0.939. The van der Waals surface area contributed by atoms with E-state index < -0.39 is 17.9 Å². The number of pyridine rings is 1. The lowest BCUT2D eigenvalue weighted by Gasteiger charge is -2.23. The minimum absolute atomic E-state index is 0.370. The molecule has 0 aliphatic carbocycles. The Bertz CT molecular complexity index is 550. The Labute approximate surface area is 114 Å². The molecule has 0 saturated carbocycles. The maximum Gasteiger partial charge on any atom is 0.435 e. The first kappa shape index (κ1) is 14.5. The molecule has 0 bridgehead atoms. The average Bonchev–Trinajstić information content (AvgIpc) is 2.89. The average molecular weight is 284 g/mol. The van der Waals surface area contributed by atoms with Gasteiger partial charge in [0.15, 0.2) is 5.69 Å². The molecular formula is C13H15F3N4. The van der Waals surface area contributed by atoms with E-state index in [0.29, 0.717) is 12.1 Å². The van der Waals surface area contributed by atoms with E-state index in [9.17, 15) is 13.2 Å². The lowest BCUT2D eigenvalue weighted by molar-refractivity contribution is -0.141. The van der Waals surface area contributed by atoms with E-state index in [1.165, 1.54) is 10.9 Å².